The Morgan fingerprint density at radius 3 is 2.58 bits per heavy atom. The molecule has 0 aliphatic carbocycles. The Hall–Kier alpha value is -2.79. The van der Waals surface area contributed by atoms with Crippen LogP contribution < -0.4 is 16.4 Å². The topological polar surface area (TPSA) is 67.2 Å². The van der Waals surface area contributed by atoms with Crippen molar-refractivity contribution in [1.29, 1.82) is 0 Å². The molecule has 0 spiro atoms. The molecule has 4 N–H and O–H groups in total. The third-order valence-electron chi connectivity index (χ3n) is 4.26. The fraction of sp³-hybridized carbons (Fsp3) is 0.190. The number of nitrogens with one attached hydrogen (secondary N) is 2. The van der Waals surface area contributed by atoms with Crippen LogP contribution in [0.5, 0.6) is 0 Å². The minimum absolute atomic E-state index is 0.0124. The van der Waals surface area contributed by atoms with E-state index in [0.717, 1.165) is 24.2 Å². The molecule has 1 unspecified atom stereocenters. The fourth-order valence-electron chi connectivity index (χ4n) is 2.81. The van der Waals surface area contributed by atoms with Gasteiger partial charge in [0.1, 0.15) is 0 Å². The summed E-state index contributed by atoms with van der Waals surface area (Å²) < 4.78 is 0. The summed E-state index contributed by atoms with van der Waals surface area (Å²) in [6.07, 6.45) is 0.825. The minimum Gasteiger partial charge on any atom is -0.397 e. The van der Waals surface area contributed by atoms with Crippen molar-refractivity contribution in [2.75, 3.05) is 11.1 Å². The van der Waals surface area contributed by atoms with Gasteiger partial charge in [0.2, 0.25) is 0 Å². The lowest BCUT2D eigenvalue weighted by Crippen LogP contribution is -2.28. The Kier molecular flexibility index (Phi) is 5.92. The predicted octanol–water partition coefficient (Wildman–Crippen LogP) is 4.82. The summed E-state index contributed by atoms with van der Waals surface area (Å²) in [7, 11) is 0. The van der Waals surface area contributed by atoms with Gasteiger partial charge in [-0.15, -0.1) is 11.3 Å². The highest BCUT2D eigenvalue weighted by atomic mass is 32.1. The number of carbonyl (C=O) groups excluding carboxylic acids is 1. The van der Waals surface area contributed by atoms with Crippen molar-refractivity contribution in [3.63, 3.8) is 0 Å². The molecule has 1 atom stereocenters. The lowest BCUT2D eigenvalue weighted by molar-refractivity contribution is 0.0935. The van der Waals surface area contributed by atoms with Gasteiger partial charge in [-0.3, -0.25) is 4.79 Å². The molecule has 3 aromatic rings. The monoisotopic (exact) mass is 365 g/mol. The van der Waals surface area contributed by atoms with Crippen molar-refractivity contribution in [1.82, 2.24) is 5.32 Å². The molecular formula is C21H23N3OS. The number of amides is 1. The fourth-order valence-corrected chi connectivity index (χ4v) is 3.45. The number of nitrogens with two attached hydrogens (primary N) is 1. The molecule has 0 aliphatic rings. The largest absolute Gasteiger partial charge is 0.397 e. The summed E-state index contributed by atoms with van der Waals surface area (Å²) in [4.78, 5) is 13.8. The second-order valence-electron chi connectivity index (χ2n) is 6.08. The number of hydrogen-bond donors (Lipinski definition) is 3. The van der Waals surface area contributed by atoms with E-state index >= 15 is 0 Å². The number of carbonyl (C=O) groups is 1. The van der Waals surface area contributed by atoms with Crippen molar-refractivity contribution in [3.8, 4) is 0 Å². The normalized spacial score (nSPS) is 11.7. The van der Waals surface area contributed by atoms with E-state index in [0.29, 0.717) is 11.3 Å². The second-order valence-corrected chi connectivity index (χ2v) is 7.11. The van der Waals surface area contributed by atoms with Gasteiger partial charge in [-0.2, -0.15) is 0 Å². The maximum Gasteiger partial charge on any atom is 0.251 e. The molecule has 3 rings (SSSR count). The molecule has 4 nitrogen and oxygen atoms in total. The smallest absolute Gasteiger partial charge is 0.251 e. The average Bonchev–Trinajstić information content (AvgIpc) is 3.19. The van der Waals surface area contributed by atoms with Crippen LogP contribution in [0, 0.1) is 0 Å². The molecule has 0 radical (unpaired) electrons. The molecule has 2 aromatic carbocycles. The molecule has 26 heavy (non-hydrogen) atoms. The SMILES string of the molecule is CCC(NC(=O)c1ccc(NCc2cccs2)c(N)c1)c1ccccc1. The summed E-state index contributed by atoms with van der Waals surface area (Å²) in [6.45, 7) is 2.78. The van der Waals surface area contributed by atoms with Crippen LogP contribution in [0.4, 0.5) is 11.4 Å². The van der Waals surface area contributed by atoms with Gasteiger partial charge in [-0.25, -0.2) is 0 Å². The van der Waals surface area contributed by atoms with Crippen LogP contribution in [0.3, 0.4) is 0 Å². The van der Waals surface area contributed by atoms with Gasteiger partial charge < -0.3 is 16.4 Å². The summed E-state index contributed by atoms with van der Waals surface area (Å²) in [5, 5.41) is 8.45. The number of hydrogen-bond acceptors (Lipinski definition) is 4. The van der Waals surface area contributed by atoms with Crippen LogP contribution in [-0.4, -0.2) is 5.91 Å². The molecule has 0 saturated carbocycles. The van der Waals surface area contributed by atoms with Crippen LogP contribution in [0.25, 0.3) is 0 Å². The first-order valence-electron chi connectivity index (χ1n) is 8.69. The van der Waals surface area contributed by atoms with Crippen LogP contribution in [0.15, 0.2) is 66.0 Å². The molecule has 0 bridgehead atoms. The van der Waals surface area contributed by atoms with E-state index in [9.17, 15) is 4.79 Å². The molecule has 0 saturated heterocycles. The molecular weight excluding hydrogens is 342 g/mol. The third kappa shape index (κ3) is 4.43. The van der Waals surface area contributed by atoms with Gasteiger partial charge in [0.25, 0.3) is 5.91 Å². The van der Waals surface area contributed by atoms with E-state index in [4.69, 9.17) is 5.73 Å². The third-order valence-corrected chi connectivity index (χ3v) is 5.14. The highest BCUT2D eigenvalue weighted by molar-refractivity contribution is 7.09. The molecule has 134 valence electrons. The summed E-state index contributed by atoms with van der Waals surface area (Å²) >= 11 is 1.70. The van der Waals surface area contributed by atoms with Crippen LogP contribution >= 0.6 is 11.3 Å². The average molecular weight is 366 g/mol. The zero-order valence-corrected chi connectivity index (χ0v) is 15.6. The standard InChI is InChI=1S/C21H23N3OS/c1-2-19(15-7-4-3-5-8-15)24-21(25)16-10-11-20(18(22)13-16)23-14-17-9-6-12-26-17/h3-13,19,23H,2,14,22H2,1H3,(H,24,25). The summed E-state index contributed by atoms with van der Waals surface area (Å²) in [6, 6.07) is 19.5. The number of nitrogen functional groups attached to an aromatic ring is 1. The molecule has 1 amide bonds. The first-order chi connectivity index (χ1) is 12.7. The molecule has 5 heteroatoms. The number of rotatable bonds is 7. The molecule has 0 aliphatic heterocycles. The van der Waals surface area contributed by atoms with Crippen molar-refractivity contribution in [2.45, 2.75) is 25.9 Å². The van der Waals surface area contributed by atoms with E-state index in [1.54, 1.807) is 23.5 Å². The minimum atomic E-state index is -0.114. The van der Waals surface area contributed by atoms with E-state index in [1.807, 2.05) is 47.8 Å². The zero-order chi connectivity index (χ0) is 18.4. The molecule has 1 aromatic heterocycles. The lowest BCUT2D eigenvalue weighted by Gasteiger charge is -2.18. The van der Waals surface area contributed by atoms with Gasteiger partial charge >= 0.3 is 0 Å². The number of thiophene rings is 1. The lowest BCUT2D eigenvalue weighted by atomic mass is 10.0. The molecule has 1 heterocycles. The maximum atomic E-state index is 12.6. The Labute approximate surface area is 158 Å². The number of benzene rings is 2. The van der Waals surface area contributed by atoms with Crippen molar-refractivity contribution >= 4 is 28.6 Å². The van der Waals surface area contributed by atoms with E-state index in [-0.39, 0.29) is 11.9 Å². The highest BCUT2D eigenvalue weighted by Gasteiger charge is 2.14. The predicted molar refractivity (Wildman–Crippen MR) is 109 cm³/mol. The Balaban J connectivity index is 1.66. The van der Waals surface area contributed by atoms with Crippen molar-refractivity contribution in [3.05, 3.63) is 82.0 Å². The second kappa shape index (κ2) is 8.54. The van der Waals surface area contributed by atoms with Crippen LogP contribution in [0.1, 0.15) is 40.2 Å². The summed E-state index contributed by atoms with van der Waals surface area (Å²) in [5.41, 5.74) is 9.21. The summed E-state index contributed by atoms with van der Waals surface area (Å²) in [5.74, 6) is -0.114. The van der Waals surface area contributed by atoms with Crippen molar-refractivity contribution in [2.24, 2.45) is 0 Å². The van der Waals surface area contributed by atoms with Gasteiger partial charge in [-0.1, -0.05) is 43.3 Å². The Bertz CT molecular complexity index is 847. The molecule has 0 fully saturated rings. The highest BCUT2D eigenvalue weighted by Crippen LogP contribution is 2.23. The maximum absolute atomic E-state index is 12.6. The van der Waals surface area contributed by atoms with Crippen LogP contribution in [0.2, 0.25) is 0 Å². The Morgan fingerprint density at radius 2 is 1.92 bits per heavy atom. The van der Waals surface area contributed by atoms with E-state index in [1.165, 1.54) is 4.88 Å². The van der Waals surface area contributed by atoms with Crippen LogP contribution in [-0.2, 0) is 6.54 Å². The van der Waals surface area contributed by atoms with Gasteiger partial charge in [0.05, 0.1) is 17.4 Å². The van der Waals surface area contributed by atoms with Gasteiger partial charge in [0, 0.05) is 17.0 Å². The first kappa shape index (κ1) is 18.0. The van der Waals surface area contributed by atoms with Gasteiger partial charge in [-0.05, 0) is 41.6 Å². The van der Waals surface area contributed by atoms with Crippen molar-refractivity contribution < 1.29 is 4.79 Å². The number of anilines is 2. The van der Waals surface area contributed by atoms with E-state index in [2.05, 4.69) is 23.6 Å². The zero-order valence-electron chi connectivity index (χ0n) is 14.7. The Morgan fingerprint density at radius 1 is 1.12 bits per heavy atom. The first-order valence-corrected chi connectivity index (χ1v) is 9.57. The quantitative estimate of drug-likeness (QED) is 0.526. The van der Waals surface area contributed by atoms with E-state index < -0.39 is 0 Å². The van der Waals surface area contributed by atoms with Gasteiger partial charge in [0.15, 0.2) is 0 Å².